The van der Waals surface area contributed by atoms with E-state index >= 15 is 0 Å². The van der Waals surface area contributed by atoms with Crippen molar-refractivity contribution in [2.75, 3.05) is 0 Å². The van der Waals surface area contributed by atoms with E-state index in [1.165, 1.54) is 4.57 Å². The Morgan fingerprint density at radius 2 is 2.00 bits per heavy atom. The van der Waals surface area contributed by atoms with Crippen LogP contribution in [0.1, 0.15) is 25.8 Å². The molecule has 0 unspecified atom stereocenters. The van der Waals surface area contributed by atoms with Gasteiger partial charge in [0.15, 0.2) is 0 Å². The van der Waals surface area contributed by atoms with Crippen molar-refractivity contribution in [3.05, 3.63) is 50.7 Å². The maximum atomic E-state index is 12.0. The second kappa shape index (κ2) is 5.99. The van der Waals surface area contributed by atoms with Crippen molar-refractivity contribution in [1.29, 1.82) is 0 Å². The zero-order valence-electron chi connectivity index (χ0n) is 12.5. The quantitative estimate of drug-likeness (QED) is 0.906. The number of benzene rings is 1. The minimum atomic E-state index is -0.574. The topological polar surface area (TPSA) is 75.1 Å². The Morgan fingerprint density at radius 1 is 1.29 bits per heavy atom. The lowest BCUT2D eigenvalue weighted by Crippen LogP contribution is -2.31. The molecule has 0 atom stereocenters. The lowest BCUT2D eigenvalue weighted by atomic mass is 10.1. The molecule has 1 heterocycles. The van der Waals surface area contributed by atoms with Gasteiger partial charge in [-0.3, -0.25) is 14.3 Å². The molecule has 21 heavy (non-hydrogen) atoms. The van der Waals surface area contributed by atoms with Crippen LogP contribution in [0, 0.1) is 12.8 Å². The summed E-state index contributed by atoms with van der Waals surface area (Å²) in [7, 11) is 0. The predicted molar refractivity (Wildman–Crippen MR) is 82.6 cm³/mol. The predicted octanol–water partition coefficient (Wildman–Crippen LogP) is 2.26. The molecule has 2 rings (SSSR count). The van der Waals surface area contributed by atoms with Gasteiger partial charge in [-0.15, -0.1) is 0 Å². The van der Waals surface area contributed by atoms with Crippen LogP contribution in [0.25, 0.3) is 11.1 Å². The van der Waals surface area contributed by atoms with Crippen LogP contribution in [0.4, 0.5) is 0 Å². The van der Waals surface area contributed by atoms with Gasteiger partial charge in [0.25, 0.3) is 5.56 Å². The number of aromatic nitrogens is 2. The van der Waals surface area contributed by atoms with Gasteiger partial charge in [0.1, 0.15) is 5.56 Å². The molecule has 0 aliphatic rings. The summed E-state index contributed by atoms with van der Waals surface area (Å²) in [6.07, 6.45) is 0.743. The highest BCUT2D eigenvalue weighted by atomic mass is 16.3. The van der Waals surface area contributed by atoms with Gasteiger partial charge in [0.05, 0.1) is 0 Å². The van der Waals surface area contributed by atoms with Crippen molar-refractivity contribution < 1.29 is 5.11 Å². The van der Waals surface area contributed by atoms with Crippen molar-refractivity contribution in [1.82, 2.24) is 9.55 Å². The van der Waals surface area contributed by atoms with Crippen molar-refractivity contribution in [3.63, 3.8) is 0 Å². The Bertz CT molecular complexity index is 757. The molecule has 0 saturated heterocycles. The van der Waals surface area contributed by atoms with Gasteiger partial charge in [-0.25, -0.2) is 4.79 Å². The molecule has 1 aromatic heterocycles. The van der Waals surface area contributed by atoms with Crippen LogP contribution in [0.2, 0.25) is 0 Å². The first-order valence-corrected chi connectivity index (χ1v) is 7.03. The molecule has 0 saturated carbocycles. The minimum absolute atomic E-state index is 0.141. The van der Waals surface area contributed by atoms with Crippen LogP contribution >= 0.6 is 0 Å². The van der Waals surface area contributed by atoms with E-state index in [2.05, 4.69) is 4.98 Å². The number of hydrogen-bond acceptors (Lipinski definition) is 3. The molecular weight excluding hydrogens is 268 g/mol. The zero-order valence-corrected chi connectivity index (χ0v) is 12.5. The molecule has 0 radical (unpaired) electrons. The summed E-state index contributed by atoms with van der Waals surface area (Å²) < 4.78 is 1.22. The van der Waals surface area contributed by atoms with Gasteiger partial charge in [-0.05, 0) is 24.8 Å². The SMILES string of the molecule is Cc1cccc(-c2c(O)n(CCC(C)C)c(=O)[nH]c2=O)c1. The minimum Gasteiger partial charge on any atom is -0.494 e. The van der Waals surface area contributed by atoms with E-state index in [0.29, 0.717) is 18.0 Å². The lowest BCUT2D eigenvalue weighted by Gasteiger charge is -2.12. The van der Waals surface area contributed by atoms with E-state index in [1.807, 2.05) is 39.0 Å². The van der Waals surface area contributed by atoms with Gasteiger partial charge in [-0.2, -0.15) is 0 Å². The molecule has 0 bridgehead atoms. The van der Waals surface area contributed by atoms with Gasteiger partial charge in [0.2, 0.25) is 5.88 Å². The van der Waals surface area contributed by atoms with Gasteiger partial charge >= 0.3 is 5.69 Å². The third-order valence-electron chi connectivity index (χ3n) is 3.41. The van der Waals surface area contributed by atoms with Crippen LogP contribution in [0.5, 0.6) is 5.88 Å². The number of nitrogens with one attached hydrogen (secondary N) is 1. The monoisotopic (exact) mass is 288 g/mol. The van der Waals surface area contributed by atoms with Crippen molar-refractivity contribution in [3.8, 4) is 17.0 Å². The summed E-state index contributed by atoms with van der Waals surface area (Å²) >= 11 is 0. The smallest absolute Gasteiger partial charge is 0.331 e. The Balaban J connectivity index is 2.59. The Kier molecular flexibility index (Phi) is 4.31. The van der Waals surface area contributed by atoms with E-state index in [4.69, 9.17) is 0 Å². The highest BCUT2D eigenvalue weighted by Crippen LogP contribution is 2.25. The van der Waals surface area contributed by atoms with Crippen LogP contribution in [-0.2, 0) is 6.54 Å². The van der Waals surface area contributed by atoms with E-state index in [-0.39, 0.29) is 11.4 Å². The Morgan fingerprint density at radius 3 is 2.62 bits per heavy atom. The third-order valence-corrected chi connectivity index (χ3v) is 3.41. The molecule has 0 amide bonds. The van der Waals surface area contributed by atoms with E-state index in [0.717, 1.165) is 12.0 Å². The highest BCUT2D eigenvalue weighted by Gasteiger charge is 2.16. The van der Waals surface area contributed by atoms with Crippen molar-refractivity contribution in [2.24, 2.45) is 5.92 Å². The summed E-state index contributed by atoms with van der Waals surface area (Å²) in [5.41, 5.74) is 0.582. The number of aryl methyl sites for hydroxylation is 1. The molecule has 0 aliphatic carbocycles. The van der Waals surface area contributed by atoms with Gasteiger partial charge in [0, 0.05) is 6.54 Å². The summed E-state index contributed by atoms with van der Waals surface area (Å²) in [5, 5.41) is 10.4. The Hall–Kier alpha value is -2.30. The number of rotatable bonds is 4. The molecule has 1 aromatic carbocycles. The number of H-pyrrole nitrogens is 1. The first kappa shape index (κ1) is 15.1. The molecule has 2 aromatic rings. The highest BCUT2D eigenvalue weighted by molar-refractivity contribution is 5.67. The molecule has 5 heteroatoms. The maximum Gasteiger partial charge on any atom is 0.331 e. The maximum absolute atomic E-state index is 12.0. The van der Waals surface area contributed by atoms with E-state index < -0.39 is 11.2 Å². The standard InChI is InChI=1S/C16H20N2O3/c1-10(2)7-8-18-15(20)13(14(19)17-16(18)21)12-6-4-5-11(3)9-12/h4-6,9-10,20H,7-8H2,1-3H3,(H,17,19,21). The second-order valence-corrected chi connectivity index (χ2v) is 5.66. The van der Waals surface area contributed by atoms with Crippen LogP contribution in [0.3, 0.4) is 0 Å². The van der Waals surface area contributed by atoms with Gasteiger partial charge in [-0.1, -0.05) is 43.7 Å². The first-order valence-electron chi connectivity index (χ1n) is 7.03. The number of nitrogens with zero attached hydrogens (tertiary/aromatic N) is 1. The molecular formula is C16H20N2O3. The van der Waals surface area contributed by atoms with Crippen molar-refractivity contribution >= 4 is 0 Å². The second-order valence-electron chi connectivity index (χ2n) is 5.66. The number of aromatic hydroxyl groups is 1. The van der Waals surface area contributed by atoms with E-state index in [9.17, 15) is 14.7 Å². The zero-order chi connectivity index (χ0) is 15.6. The summed E-state index contributed by atoms with van der Waals surface area (Å²) in [4.78, 5) is 26.2. The summed E-state index contributed by atoms with van der Waals surface area (Å²) in [6, 6.07) is 7.27. The number of hydrogen-bond donors (Lipinski definition) is 2. The van der Waals surface area contributed by atoms with E-state index in [1.54, 1.807) is 6.07 Å². The fraction of sp³-hybridized carbons (Fsp3) is 0.375. The summed E-state index contributed by atoms with van der Waals surface area (Å²) in [5.74, 6) is 0.126. The molecule has 0 spiro atoms. The molecule has 0 aliphatic heterocycles. The molecule has 5 nitrogen and oxygen atoms in total. The van der Waals surface area contributed by atoms with Gasteiger partial charge < -0.3 is 5.11 Å². The van der Waals surface area contributed by atoms with Crippen molar-refractivity contribution in [2.45, 2.75) is 33.7 Å². The first-order chi connectivity index (χ1) is 9.90. The van der Waals surface area contributed by atoms with Crippen LogP contribution < -0.4 is 11.2 Å². The third kappa shape index (κ3) is 3.24. The molecule has 2 N–H and O–H groups in total. The number of aromatic amines is 1. The average molecular weight is 288 g/mol. The van der Waals surface area contributed by atoms with Crippen LogP contribution in [-0.4, -0.2) is 14.7 Å². The fourth-order valence-corrected chi connectivity index (χ4v) is 2.22. The lowest BCUT2D eigenvalue weighted by molar-refractivity contribution is 0.386. The molecule has 0 fully saturated rings. The summed E-state index contributed by atoms with van der Waals surface area (Å²) in [6.45, 7) is 6.35. The largest absolute Gasteiger partial charge is 0.494 e. The Labute approximate surface area is 122 Å². The normalized spacial score (nSPS) is 11.0. The van der Waals surface area contributed by atoms with Crippen LogP contribution in [0.15, 0.2) is 33.9 Å². The fourth-order valence-electron chi connectivity index (χ4n) is 2.22. The molecule has 112 valence electrons. The average Bonchev–Trinajstić information content (AvgIpc) is 2.37.